The number of aryl methyl sites for hydroxylation is 4. The lowest BCUT2D eigenvalue weighted by Crippen LogP contribution is -2.54. The first-order valence-corrected chi connectivity index (χ1v) is 24.0. The highest BCUT2D eigenvalue weighted by atomic mass is 16.7. The maximum absolute atomic E-state index is 14.2. The van der Waals surface area contributed by atoms with E-state index < -0.39 is 48.3 Å². The standard InChI is InChI=1S/C51H60N10O13/c1-8-17-73-51(68)61-36-25-42(41(69-6)24-34(36)48(66)60-16-11-13-35(60)49(61)74-44-15-9-10-18-72-44)71-19-12-14-43(62)52-30-20-37(56(2)26-30)45(63)53-31-21-38(57(3)27-31)46(64)54-32-22-39(58(4)28-32)47(65)55-33-23-40(50(67)70-7)59(5)29-33/h8,20-29,35,44,49H,1,9-19H2,2-7H3,(H,52,62)(H,53,63)(H,54,64)(H,55,65)/t35-,44?,49?/m0/s1. The molecule has 3 atom stereocenters. The van der Waals surface area contributed by atoms with E-state index in [2.05, 4.69) is 27.8 Å². The van der Waals surface area contributed by atoms with E-state index in [0.717, 1.165) is 19.3 Å². The quantitative estimate of drug-likeness (QED) is 0.0447. The monoisotopic (exact) mass is 1020 g/mol. The van der Waals surface area contributed by atoms with Gasteiger partial charge in [0.05, 0.1) is 60.9 Å². The number of hydrogen-bond donors (Lipinski definition) is 4. The number of amides is 6. The molecule has 23 heteroatoms. The normalized spacial score (nSPS) is 17.1. The fourth-order valence-electron chi connectivity index (χ4n) is 9.26. The Hall–Kier alpha value is -8.31. The summed E-state index contributed by atoms with van der Waals surface area (Å²) in [4.78, 5) is 96.4. The van der Waals surface area contributed by atoms with Gasteiger partial charge in [-0.25, -0.2) is 14.5 Å². The van der Waals surface area contributed by atoms with E-state index in [9.17, 15) is 33.6 Å². The van der Waals surface area contributed by atoms with Crippen molar-refractivity contribution < 1.29 is 62.0 Å². The van der Waals surface area contributed by atoms with Gasteiger partial charge in [0.25, 0.3) is 23.6 Å². The van der Waals surface area contributed by atoms with Crippen molar-refractivity contribution in [2.45, 2.75) is 63.5 Å². The molecule has 5 aromatic rings. The van der Waals surface area contributed by atoms with Crippen molar-refractivity contribution in [2.24, 2.45) is 28.2 Å². The summed E-state index contributed by atoms with van der Waals surface area (Å²) in [7, 11) is 9.30. The molecular formula is C51H60N10O13. The number of anilines is 5. The SMILES string of the molecule is C=CCOC(=O)N1c2cc(OCCCC(=O)Nc3cc(C(=O)Nc4cc(C(=O)Nc5cc(C(=O)Nc6cc(C(=O)OC)n(C)c6)n(C)c5)n(C)c4)n(C)c3)c(OC)cc2C(=O)N2CCC[C@H]2C1OC1CCCCO1. The third kappa shape index (κ3) is 11.3. The molecule has 392 valence electrons. The van der Waals surface area contributed by atoms with Gasteiger partial charge in [0.1, 0.15) is 29.4 Å². The topological polar surface area (TPSA) is 249 Å². The van der Waals surface area contributed by atoms with Gasteiger partial charge in [0, 0.05) is 78.6 Å². The van der Waals surface area contributed by atoms with Crippen LogP contribution in [0.2, 0.25) is 0 Å². The number of esters is 1. The van der Waals surface area contributed by atoms with Crippen LogP contribution in [0.5, 0.6) is 11.5 Å². The Balaban J connectivity index is 0.864. The molecule has 74 heavy (non-hydrogen) atoms. The van der Waals surface area contributed by atoms with Gasteiger partial charge in [0.2, 0.25) is 5.91 Å². The zero-order valence-corrected chi connectivity index (χ0v) is 42.1. The molecule has 7 heterocycles. The first kappa shape index (κ1) is 52.0. The van der Waals surface area contributed by atoms with Crippen molar-refractivity contribution in [2.75, 3.05) is 66.8 Å². The van der Waals surface area contributed by atoms with Gasteiger partial charge in [-0.05, 0) is 68.9 Å². The van der Waals surface area contributed by atoms with Crippen molar-refractivity contribution in [1.29, 1.82) is 0 Å². The van der Waals surface area contributed by atoms with Crippen LogP contribution >= 0.6 is 0 Å². The third-order valence-electron chi connectivity index (χ3n) is 12.8. The summed E-state index contributed by atoms with van der Waals surface area (Å²) in [5.74, 6) is -2.17. The van der Waals surface area contributed by atoms with Crippen LogP contribution in [-0.2, 0) is 51.9 Å². The lowest BCUT2D eigenvalue weighted by Gasteiger charge is -2.38. The molecule has 3 aliphatic rings. The van der Waals surface area contributed by atoms with Gasteiger partial charge in [-0.3, -0.25) is 24.0 Å². The summed E-state index contributed by atoms with van der Waals surface area (Å²) in [6.07, 6.45) is 9.60. The molecule has 23 nitrogen and oxygen atoms in total. The van der Waals surface area contributed by atoms with Gasteiger partial charge in [0.15, 0.2) is 24.0 Å². The average molecular weight is 1020 g/mol. The summed E-state index contributed by atoms with van der Waals surface area (Å²) in [5, 5.41) is 11.1. The first-order valence-electron chi connectivity index (χ1n) is 24.0. The largest absolute Gasteiger partial charge is 0.493 e. The van der Waals surface area contributed by atoms with Crippen molar-refractivity contribution in [3.05, 3.63) is 102 Å². The van der Waals surface area contributed by atoms with Crippen LogP contribution in [-0.4, -0.2) is 124 Å². The summed E-state index contributed by atoms with van der Waals surface area (Å²) in [6.45, 7) is 4.66. The van der Waals surface area contributed by atoms with Gasteiger partial charge >= 0.3 is 12.1 Å². The van der Waals surface area contributed by atoms with Crippen molar-refractivity contribution in [1.82, 2.24) is 23.2 Å². The predicted molar refractivity (Wildman–Crippen MR) is 270 cm³/mol. The van der Waals surface area contributed by atoms with E-state index in [0.29, 0.717) is 48.7 Å². The van der Waals surface area contributed by atoms with E-state index in [-0.39, 0.29) is 83.4 Å². The smallest absolute Gasteiger partial charge is 0.416 e. The van der Waals surface area contributed by atoms with Crippen molar-refractivity contribution in [3.8, 4) is 11.5 Å². The Morgan fingerprint density at radius 1 is 0.716 bits per heavy atom. The number of fused-ring (bicyclic) bond motifs is 2. The minimum Gasteiger partial charge on any atom is -0.493 e. The molecule has 2 saturated heterocycles. The first-order chi connectivity index (χ1) is 35.6. The van der Waals surface area contributed by atoms with Gasteiger partial charge in [-0.15, -0.1) is 0 Å². The predicted octanol–water partition coefficient (Wildman–Crippen LogP) is 6.01. The van der Waals surface area contributed by atoms with E-state index in [1.54, 1.807) is 79.1 Å². The zero-order valence-electron chi connectivity index (χ0n) is 42.1. The number of hydrogen-bond acceptors (Lipinski definition) is 13. The number of benzene rings is 1. The van der Waals surface area contributed by atoms with Crippen LogP contribution in [0.1, 0.15) is 97.3 Å². The number of nitrogens with zero attached hydrogens (tertiary/aromatic N) is 6. The van der Waals surface area contributed by atoms with Gasteiger partial charge in [-0.2, -0.15) is 0 Å². The molecule has 1 aromatic carbocycles. The number of carbonyl (C=O) groups excluding carboxylic acids is 7. The number of ether oxygens (including phenoxy) is 6. The van der Waals surface area contributed by atoms with Crippen LogP contribution in [0.25, 0.3) is 0 Å². The molecule has 0 saturated carbocycles. The maximum Gasteiger partial charge on any atom is 0.416 e. The summed E-state index contributed by atoms with van der Waals surface area (Å²) in [6, 6.07) is 8.66. The Morgan fingerprint density at radius 3 is 1.82 bits per heavy atom. The highest BCUT2D eigenvalue weighted by Crippen LogP contribution is 2.43. The number of rotatable bonds is 18. The molecule has 0 spiro atoms. The molecular weight excluding hydrogens is 961 g/mol. The second-order valence-corrected chi connectivity index (χ2v) is 18.0. The molecule has 0 aliphatic carbocycles. The average Bonchev–Trinajstić information content (AvgIpc) is 4.23. The van der Waals surface area contributed by atoms with Gasteiger partial charge < -0.3 is 72.9 Å². The highest BCUT2D eigenvalue weighted by Gasteiger charge is 2.48. The maximum atomic E-state index is 14.2. The molecule has 2 fully saturated rings. The fraction of sp³-hybridized carbons (Fsp3) is 0.392. The molecule has 0 bridgehead atoms. The lowest BCUT2D eigenvalue weighted by molar-refractivity contribution is -0.195. The third-order valence-corrected chi connectivity index (χ3v) is 12.8. The fourth-order valence-corrected chi connectivity index (χ4v) is 9.26. The van der Waals surface area contributed by atoms with Crippen molar-refractivity contribution in [3.63, 3.8) is 0 Å². The van der Waals surface area contributed by atoms with E-state index in [4.69, 9.17) is 28.4 Å². The van der Waals surface area contributed by atoms with Crippen LogP contribution < -0.4 is 35.6 Å². The van der Waals surface area contributed by atoms with Crippen LogP contribution in [0.15, 0.2) is 73.8 Å². The summed E-state index contributed by atoms with van der Waals surface area (Å²) < 4.78 is 40.8. The minimum atomic E-state index is -0.919. The second-order valence-electron chi connectivity index (χ2n) is 18.0. The molecule has 0 radical (unpaired) electrons. The molecule has 4 N–H and O–H groups in total. The van der Waals surface area contributed by atoms with Crippen LogP contribution in [0.3, 0.4) is 0 Å². The Bertz CT molecular complexity index is 2980. The lowest BCUT2D eigenvalue weighted by atomic mass is 10.1. The molecule has 4 aromatic heterocycles. The van der Waals surface area contributed by atoms with Crippen LogP contribution in [0, 0.1) is 0 Å². The number of carbonyl (C=O) groups is 7. The second kappa shape index (κ2) is 22.6. The molecule has 8 rings (SSSR count). The summed E-state index contributed by atoms with van der Waals surface area (Å²) >= 11 is 0. The Kier molecular flexibility index (Phi) is 15.9. The van der Waals surface area contributed by atoms with E-state index >= 15 is 0 Å². The molecule has 3 aliphatic heterocycles. The van der Waals surface area contributed by atoms with E-state index in [1.807, 2.05) is 0 Å². The van der Waals surface area contributed by atoms with Crippen molar-refractivity contribution >= 4 is 70.0 Å². The Morgan fingerprint density at radius 2 is 1.28 bits per heavy atom. The van der Waals surface area contributed by atoms with Crippen LogP contribution in [0.4, 0.5) is 33.2 Å². The molecule has 6 amide bonds. The molecule has 2 unspecified atom stereocenters. The number of nitrogens with one attached hydrogen (secondary N) is 4. The zero-order chi connectivity index (χ0) is 52.8. The minimum absolute atomic E-state index is 0.0371. The number of methoxy groups -OCH3 is 2. The highest BCUT2D eigenvalue weighted by molar-refractivity contribution is 6.09. The Labute approximate surface area is 426 Å². The van der Waals surface area contributed by atoms with Gasteiger partial charge in [-0.1, -0.05) is 12.7 Å². The van der Waals surface area contributed by atoms with E-state index in [1.165, 1.54) is 58.6 Å². The number of aromatic nitrogens is 4. The summed E-state index contributed by atoms with van der Waals surface area (Å²) in [5.41, 5.74) is 2.79.